The van der Waals surface area contributed by atoms with Crippen LogP contribution in [-0.4, -0.2) is 216 Å². The lowest BCUT2D eigenvalue weighted by Crippen LogP contribution is -2.67. The Balaban J connectivity index is 1.43. The maximum Gasteiger partial charge on any atom is 0.187 e. The predicted octanol–water partition coefficient (Wildman–Crippen LogP) is -8.77. The topological polar surface area (TPSA) is 328 Å². The maximum atomic E-state index is 14.1. The third kappa shape index (κ3) is 7.42. The lowest BCUT2D eigenvalue weighted by molar-refractivity contribution is -0.387. The first-order chi connectivity index (χ1) is 21.3. The van der Waals surface area contributed by atoms with Gasteiger partial charge in [0.15, 0.2) is 31.3 Å². The van der Waals surface area contributed by atoms with Gasteiger partial charge in [-0.2, -0.15) is 0 Å². The van der Waals surface area contributed by atoms with Crippen molar-refractivity contribution in [2.45, 2.75) is 123 Å². The van der Waals surface area contributed by atoms with Gasteiger partial charge in [-0.1, -0.05) is 0 Å². The quantitative estimate of drug-likeness (QED) is 0.103. The normalized spacial score (nSPS) is 52.9. The highest BCUT2D eigenvalue weighted by Crippen LogP contribution is 2.34. The average molecular weight is 669 g/mol. The molecule has 0 saturated carbocycles. The molecule has 45 heavy (non-hydrogen) atoms. The molecule has 4 aliphatic rings. The zero-order valence-electron chi connectivity index (χ0n) is 23.4. The molecule has 0 radical (unpaired) electrons. The van der Waals surface area contributed by atoms with Gasteiger partial charge in [-0.05, 0) is 0 Å². The summed E-state index contributed by atoms with van der Waals surface area (Å²) in [5, 5.41) is 132. The van der Waals surface area contributed by atoms with E-state index < -0.39 is 149 Å². The Morgan fingerprint density at radius 2 is 0.711 bits per heavy atom. The summed E-state index contributed by atoms with van der Waals surface area (Å²) in [5.74, 6) is 0. The van der Waals surface area contributed by atoms with Crippen molar-refractivity contribution in [3.63, 3.8) is 0 Å². The summed E-state index contributed by atoms with van der Waals surface area (Å²) < 4.78 is 51.6. The van der Waals surface area contributed by atoms with E-state index in [1.807, 2.05) is 0 Å². The largest absolute Gasteiger partial charge is 0.394 e. The number of hydrogen-bond acceptors (Lipinski definition) is 20. The number of aliphatic hydroxyl groups excluding tert-OH is 13. The van der Waals surface area contributed by atoms with Gasteiger partial charge in [-0.3, -0.25) is 0 Å². The molecule has 4 fully saturated rings. The average Bonchev–Trinajstić information content (AvgIpc) is 3.03. The van der Waals surface area contributed by atoms with Crippen LogP contribution in [0.5, 0.6) is 0 Å². The molecule has 20 atom stereocenters. The summed E-state index contributed by atoms with van der Waals surface area (Å²) >= 11 is 0. The molecule has 0 aliphatic carbocycles. The predicted molar refractivity (Wildman–Crippen MR) is 133 cm³/mol. The van der Waals surface area contributed by atoms with Crippen molar-refractivity contribution < 1.29 is 104 Å². The molecule has 0 aromatic heterocycles. The van der Waals surface area contributed by atoms with Crippen molar-refractivity contribution >= 4 is 0 Å². The van der Waals surface area contributed by atoms with Crippen molar-refractivity contribution in [3.05, 3.63) is 0 Å². The number of ether oxygens (including phenoxy) is 7. The molecule has 0 spiro atoms. The van der Waals surface area contributed by atoms with Crippen molar-refractivity contribution in [3.8, 4) is 0 Å². The van der Waals surface area contributed by atoms with Crippen LogP contribution in [0, 0.1) is 0 Å². The summed E-state index contributed by atoms with van der Waals surface area (Å²) in [6, 6.07) is 0. The summed E-state index contributed by atoms with van der Waals surface area (Å²) in [5.41, 5.74) is 0. The minimum Gasteiger partial charge on any atom is -0.394 e. The van der Waals surface area contributed by atoms with E-state index in [1.54, 1.807) is 0 Å². The molecular weight excluding hydrogens is 627 g/mol. The molecule has 20 nitrogen and oxygen atoms in total. The first-order valence-electron chi connectivity index (χ1n) is 14.1. The van der Waals surface area contributed by atoms with Gasteiger partial charge in [-0.25, -0.2) is 4.39 Å². The Morgan fingerprint density at radius 1 is 0.400 bits per heavy atom. The molecule has 4 saturated heterocycles. The van der Waals surface area contributed by atoms with Crippen LogP contribution in [0.3, 0.4) is 0 Å². The zero-order valence-corrected chi connectivity index (χ0v) is 23.4. The molecule has 4 rings (SSSR count). The second kappa shape index (κ2) is 15.6. The summed E-state index contributed by atoms with van der Waals surface area (Å²) in [7, 11) is 0. The highest BCUT2D eigenvalue weighted by atomic mass is 19.1. The highest BCUT2D eigenvalue weighted by molar-refractivity contribution is 4.97. The van der Waals surface area contributed by atoms with Crippen LogP contribution >= 0.6 is 0 Å². The fraction of sp³-hybridized carbons (Fsp3) is 1.00. The molecule has 13 N–H and O–H groups in total. The number of halogens is 1. The molecule has 0 aromatic rings. The van der Waals surface area contributed by atoms with Crippen molar-refractivity contribution in [1.82, 2.24) is 0 Å². The molecule has 1 unspecified atom stereocenters. The Morgan fingerprint density at radius 3 is 1.09 bits per heavy atom. The van der Waals surface area contributed by atoms with Crippen molar-refractivity contribution in [1.29, 1.82) is 0 Å². The van der Waals surface area contributed by atoms with E-state index in [0.717, 1.165) is 0 Å². The summed E-state index contributed by atoms with van der Waals surface area (Å²) in [6.07, 6.45) is -36.7. The van der Waals surface area contributed by atoms with E-state index in [4.69, 9.17) is 33.2 Å². The lowest BCUT2D eigenvalue weighted by atomic mass is 9.95. The third-order valence-corrected chi connectivity index (χ3v) is 8.15. The molecule has 0 amide bonds. The standard InChI is InChI=1S/C24H41FO20/c25-9-5(1-26)40-22(15(35)10(9)30)44-19-7(3-28)42-24(17(37)12(19)32)45-20-8(4-29)41-23(16(36)13(20)33)43-18-6(2-27)39-21(38)14(34)11(18)31/h5-24,26-38H,1-4H2/t5-,6-,7-,8-,9+,10+,11-,12-,13-,14-,15-,16-,17-,18+,19+,20+,21?,22+,23+,24+/m1/s1. The molecule has 0 bridgehead atoms. The Kier molecular flexibility index (Phi) is 12.8. The summed E-state index contributed by atoms with van der Waals surface area (Å²) in [6.45, 7) is -3.55. The van der Waals surface area contributed by atoms with Crippen molar-refractivity contribution in [2.75, 3.05) is 26.4 Å². The smallest absolute Gasteiger partial charge is 0.187 e. The first-order valence-corrected chi connectivity index (χ1v) is 14.1. The fourth-order valence-electron chi connectivity index (χ4n) is 5.52. The van der Waals surface area contributed by atoms with E-state index in [-0.39, 0.29) is 0 Å². The molecule has 4 heterocycles. The van der Waals surface area contributed by atoms with Gasteiger partial charge >= 0.3 is 0 Å². The monoisotopic (exact) mass is 668 g/mol. The number of hydrogen-bond donors (Lipinski definition) is 13. The van der Waals surface area contributed by atoms with Crippen LogP contribution in [-0.2, 0) is 33.2 Å². The fourth-order valence-corrected chi connectivity index (χ4v) is 5.52. The Labute approximate surface area is 253 Å². The van der Waals surface area contributed by atoms with E-state index >= 15 is 0 Å². The van der Waals surface area contributed by atoms with Gasteiger partial charge in [0.2, 0.25) is 0 Å². The van der Waals surface area contributed by atoms with E-state index in [0.29, 0.717) is 0 Å². The highest BCUT2D eigenvalue weighted by Gasteiger charge is 2.55. The number of aliphatic hydroxyl groups is 13. The summed E-state index contributed by atoms with van der Waals surface area (Å²) in [4.78, 5) is 0. The molecule has 264 valence electrons. The molecule has 0 aromatic carbocycles. The first kappa shape index (κ1) is 37.0. The third-order valence-electron chi connectivity index (χ3n) is 8.15. The van der Waals surface area contributed by atoms with Gasteiger partial charge in [0, 0.05) is 0 Å². The van der Waals surface area contributed by atoms with Crippen LogP contribution in [0.25, 0.3) is 0 Å². The second-order valence-electron chi connectivity index (χ2n) is 11.1. The lowest BCUT2D eigenvalue weighted by Gasteiger charge is -2.48. The zero-order chi connectivity index (χ0) is 33.3. The van der Waals surface area contributed by atoms with Crippen LogP contribution in [0.2, 0.25) is 0 Å². The second-order valence-corrected chi connectivity index (χ2v) is 11.1. The van der Waals surface area contributed by atoms with Gasteiger partial charge in [0.05, 0.1) is 26.4 Å². The minimum absolute atomic E-state index is 0.813. The van der Waals surface area contributed by atoms with Crippen LogP contribution in [0.4, 0.5) is 4.39 Å². The van der Waals surface area contributed by atoms with E-state index in [1.165, 1.54) is 0 Å². The number of rotatable bonds is 10. The van der Waals surface area contributed by atoms with Gasteiger partial charge in [0.25, 0.3) is 0 Å². The van der Waals surface area contributed by atoms with E-state index in [2.05, 4.69) is 0 Å². The van der Waals surface area contributed by atoms with Crippen molar-refractivity contribution in [2.24, 2.45) is 0 Å². The Hall–Kier alpha value is -0.870. The molecular formula is C24H41FO20. The van der Waals surface area contributed by atoms with Crippen LogP contribution in [0.15, 0.2) is 0 Å². The number of alkyl halides is 1. The van der Waals surface area contributed by atoms with Gasteiger partial charge in [0.1, 0.15) is 91.6 Å². The van der Waals surface area contributed by atoms with Gasteiger partial charge < -0.3 is 99.5 Å². The molecule has 4 aliphatic heterocycles. The van der Waals surface area contributed by atoms with E-state index in [9.17, 15) is 70.8 Å². The van der Waals surface area contributed by atoms with Crippen LogP contribution < -0.4 is 0 Å². The molecule has 21 heteroatoms. The minimum atomic E-state index is -2.19. The SMILES string of the molecule is OC[C@H]1O[C@@H](O[C@@H]2[C@H](O)[C@@H](O)[C@H](O[C@@H]3[C@H](O)[C@@H](O)[C@H](O[C@@H]4[C@H](O)[C@@H](O)C(O)O[C@@H]4CO)O[C@@H]3CO)O[C@@H]2CO)[C@H](O)[C@@H](O)[C@H]1F. The van der Waals surface area contributed by atoms with Gasteiger partial charge in [-0.15, -0.1) is 0 Å². The maximum absolute atomic E-state index is 14.1. The Bertz CT molecular complexity index is 916. The van der Waals surface area contributed by atoms with Crippen LogP contribution in [0.1, 0.15) is 0 Å².